The smallest absolute Gasteiger partial charge is 0.164 e. The van der Waals surface area contributed by atoms with Crippen molar-refractivity contribution < 1.29 is 0 Å². The first-order valence-electron chi connectivity index (χ1n) is 18.5. The van der Waals surface area contributed by atoms with E-state index in [1.807, 2.05) is 18.2 Å². The first kappa shape index (κ1) is 31.5. The average Bonchev–Trinajstić information content (AvgIpc) is 3.64. The van der Waals surface area contributed by atoms with Crippen LogP contribution in [0.4, 0.5) is 0 Å². The van der Waals surface area contributed by atoms with E-state index in [9.17, 15) is 0 Å². The molecule has 0 unspecified atom stereocenters. The summed E-state index contributed by atoms with van der Waals surface area (Å²) >= 11 is 1.81. The summed E-state index contributed by atoms with van der Waals surface area (Å²) in [7, 11) is 0. The lowest BCUT2D eigenvalue weighted by atomic mass is 9.92. The van der Waals surface area contributed by atoms with Crippen molar-refractivity contribution in [2.24, 2.45) is 0 Å². The number of benzene rings is 9. The van der Waals surface area contributed by atoms with Gasteiger partial charge in [-0.3, -0.25) is 0 Å². The Morgan fingerprint density at radius 1 is 0.236 bits per heavy atom. The maximum Gasteiger partial charge on any atom is 0.164 e. The van der Waals surface area contributed by atoms with E-state index in [2.05, 4.69) is 170 Å². The molecule has 0 saturated heterocycles. The standard InChI is InChI=1S/C51H31N3S/c1-3-11-32(12-4-1)37-25-28-47-46(30-37)44-27-24-38(31-48(44)55-47)51-53-49(34-13-5-2-6-14-34)52-50(54-51)35-21-19-33(20-22-35)36-23-26-43-41-17-8-7-15-39(41)40-16-9-10-18-42(40)45(43)29-36/h1-31H. The fourth-order valence-corrected chi connectivity index (χ4v) is 9.10. The molecule has 9 aromatic carbocycles. The van der Waals surface area contributed by atoms with Crippen LogP contribution in [0.1, 0.15) is 0 Å². The molecule has 256 valence electrons. The van der Waals surface area contributed by atoms with Crippen molar-refractivity contribution in [3.05, 3.63) is 188 Å². The second kappa shape index (κ2) is 12.8. The van der Waals surface area contributed by atoms with Gasteiger partial charge >= 0.3 is 0 Å². The van der Waals surface area contributed by atoms with E-state index < -0.39 is 0 Å². The second-order valence-electron chi connectivity index (χ2n) is 14.0. The van der Waals surface area contributed by atoms with Gasteiger partial charge in [-0.1, -0.05) is 164 Å². The molecule has 0 saturated carbocycles. The summed E-state index contributed by atoms with van der Waals surface area (Å²) in [5, 5.41) is 10.2. The summed E-state index contributed by atoms with van der Waals surface area (Å²) in [5.74, 6) is 1.96. The van der Waals surface area contributed by atoms with Crippen molar-refractivity contribution in [3.63, 3.8) is 0 Å². The first-order valence-corrected chi connectivity index (χ1v) is 19.3. The van der Waals surface area contributed by atoms with Gasteiger partial charge in [-0.25, -0.2) is 15.0 Å². The number of fused-ring (bicyclic) bond motifs is 9. The average molecular weight is 718 g/mol. The summed E-state index contributed by atoms with van der Waals surface area (Å²) < 4.78 is 2.47. The van der Waals surface area contributed by atoms with Crippen molar-refractivity contribution in [1.29, 1.82) is 0 Å². The maximum absolute atomic E-state index is 5.10. The molecule has 2 heterocycles. The van der Waals surface area contributed by atoms with Gasteiger partial charge in [-0.2, -0.15) is 0 Å². The molecule has 0 radical (unpaired) electrons. The predicted molar refractivity (Wildman–Crippen MR) is 232 cm³/mol. The van der Waals surface area contributed by atoms with Gasteiger partial charge in [-0.15, -0.1) is 11.3 Å². The van der Waals surface area contributed by atoms with Gasteiger partial charge < -0.3 is 0 Å². The van der Waals surface area contributed by atoms with Crippen LogP contribution in [-0.2, 0) is 0 Å². The molecule has 0 aliphatic carbocycles. The third-order valence-electron chi connectivity index (χ3n) is 10.7. The highest BCUT2D eigenvalue weighted by Gasteiger charge is 2.15. The highest BCUT2D eigenvalue weighted by Crippen LogP contribution is 2.40. The zero-order chi connectivity index (χ0) is 36.3. The van der Waals surface area contributed by atoms with Crippen molar-refractivity contribution >= 4 is 63.8 Å². The molecule has 4 heteroatoms. The Morgan fingerprint density at radius 3 is 1.27 bits per heavy atom. The molecule has 0 amide bonds. The fourth-order valence-electron chi connectivity index (χ4n) is 7.98. The van der Waals surface area contributed by atoms with E-state index in [0.717, 1.165) is 22.3 Å². The summed E-state index contributed by atoms with van der Waals surface area (Å²) in [6.45, 7) is 0. The quantitative estimate of drug-likeness (QED) is 0.166. The van der Waals surface area contributed by atoms with Crippen LogP contribution in [0.25, 0.3) is 109 Å². The summed E-state index contributed by atoms with van der Waals surface area (Å²) in [4.78, 5) is 15.2. The molecule has 11 rings (SSSR count). The van der Waals surface area contributed by atoms with Crippen LogP contribution in [0.2, 0.25) is 0 Å². The molecule has 2 aromatic heterocycles. The number of nitrogens with zero attached hydrogens (tertiary/aromatic N) is 3. The zero-order valence-electron chi connectivity index (χ0n) is 29.6. The van der Waals surface area contributed by atoms with Crippen molar-refractivity contribution in [2.75, 3.05) is 0 Å². The van der Waals surface area contributed by atoms with Crippen LogP contribution < -0.4 is 0 Å². The molecule has 0 aliphatic heterocycles. The maximum atomic E-state index is 5.10. The van der Waals surface area contributed by atoms with E-state index in [-0.39, 0.29) is 0 Å². The summed E-state index contributed by atoms with van der Waals surface area (Å²) in [5.41, 5.74) is 7.63. The van der Waals surface area contributed by atoms with Crippen LogP contribution in [0.5, 0.6) is 0 Å². The van der Waals surface area contributed by atoms with Gasteiger partial charge in [0.25, 0.3) is 0 Å². The Morgan fingerprint density at radius 2 is 0.636 bits per heavy atom. The van der Waals surface area contributed by atoms with Gasteiger partial charge in [0.2, 0.25) is 0 Å². The van der Waals surface area contributed by atoms with E-state index in [0.29, 0.717) is 17.5 Å². The molecule has 0 spiro atoms. The van der Waals surface area contributed by atoms with Gasteiger partial charge in [0.15, 0.2) is 17.5 Å². The zero-order valence-corrected chi connectivity index (χ0v) is 30.5. The Balaban J connectivity index is 0.993. The van der Waals surface area contributed by atoms with Crippen LogP contribution in [0.15, 0.2) is 188 Å². The number of hydrogen-bond donors (Lipinski definition) is 0. The number of aromatic nitrogens is 3. The number of rotatable bonds is 5. The van der Waals surface area contributed by atoms with Gasteiger partial charge in [0.05, 0.1) is 0 Å². The van der Waals surface area contributed by atoms with Crippen molar-refractivity contribution in [1.82, 2.24) is 15.0 Å². The van der Waals surface area contributed by atoms with E-state index in [4.69, 9.17) is 15.0 Å². The van der Waals surface area contributed by atoms with Crippen LogP contribution >= 0.6 is 11.3 Å². The van der Waals surface area contributed by atoms with Crippen LogP contribution in [-0.4, -0.2) is 15.0 Å². The predicted octanol–water partition coefficient (Wildman–Crippen LogP) is 14.0. The van der Waals surface area contributed by atoms with E-state index >= 15 is 0 Å². The minimum Gasteiger partial charge on any atom is -0.208 e. The molecule has 0 atom stereocenters. The van der Waals surface area contributed by atoms with Gasteiger partial charge in [-0.05, 0) is 78.8 Å². The van der Waals surface area contributed by atoms with Crippen molar-refractivity contribution in [2.45, 2.75) is 0 Å². The molecule has 3 nitrogen and oxygen atoms in total. The molecule has 0 fully saturated rings. The molecule has 0 aliphatic rings. The Hall–Kier alpha value is -7.01. The minimum atomic E-state index is 0.648. The fraction of sp³-hybridized carbons (Fsp3) is 0. The lowest BCUT2D eigenvalue weighted by Crippen LogP contribution is -2.00. The Labute approximate surface area is 321 Å². The van der Waals surface area contributed by atoms with Crippen LogP contribution in [0, 0.1) is 0 Å². The molecular weight excluding hydrogens is 687 g/mol. The minimum absolute atomic E-state index is 0.648. The molecule has 0 bridgehead atoms. The summed E-state index contributed by atoms with van der Waals surface area (Å²) in [6, 6.07) is 67.0. The molecule has 11 aromatic rings. The van der Waals surface area contributed by atoms with Gasteiger partial charge in [0.1, 0.15) is 0 Å². The van der Waals surface area contributed by atoms with Crippen LogP contribution in [0.3, 0.4) is 0 Å². The van der Waals surface area contributed by atoms with Gasteiger partial charge in [0, 0.05) is 36.9 Å². The van der Waals surface area contributed by atoms with E-state index in [1.165, 1.54) is 69.2 Å². The number of hydrogen-bond acceptors (Lipinski definition) is 4. The Bertz CT molecular complexity index is 3210. The topological polar surface area (TPSA) is 38.7 Å². The normalized spacial score (nSPS) is 11.6. The largest absolute Gasteiger partial charge is 0.208 e. The molecule has 55 heavy (non-hydrogen) atoms. The van der Waals surface area contributed by atoms with E-state index in [1.54, 1.807) is 11.3 Å². The Kier molecular flexibility index (Phi) is 7.35. The number of thiophene rings is 1. The molecular formula is C51H31N3S. The third-order valence-corrected chi connectivity index (χ3v) is 11.9. The highest BCUT2D eigenvalue weighted by molar-refractivity contribution is 7.25. The summed E-state index contributed by atoms with van der Waals surface area (Å²) in [6.07, 6.45) is 0. The highest BCUT2D eigenvalue weighted by atomic mass is 32.1. The SMILES string of the molecule is c1ccc(-c2ccc3sc4cc(-c5nc(-c6ccccc6)nc(-c6ccc(-c7ccc8c9ccccc9c9ccccc9c8c7)cc6)n5)ccc4c3c2)cc1. The van der Waals surface area contributed by atoms with Crippen molar-refractivity contribution in [3.8, 4) is 56.4 Å². The third kappa shape index (κ3) is 5.46. The lowest BCUT2D eigenvalue weighted by Gasteiger charge is -2.12. The first-order chi connectivity index (χ1) is 27.2. The second-order valence-corrected chi connectivity index (χ2v) is 15.1. The molecule has 0 N–H and O–H groups in total. The lowest BCUT2D eigenvalue weighted by molar-refractivity contribution is 1.07. The monoisotopic (exact) mass is 717 g/mol.